The molecule has 3 nitrogen and oxygen atoms in total. The van der Waals surface area contributed by atoms with Gasteiger partial charge in [0.15, 0.2) is 5.75 Å². The lowest BCUT2D eigenvalue weighted by atomic mass is 10.2. The molecular weight excluding hydrogens is 351 g/mol. The largest absolute Gasteiger partial charge is 0.573 e. The quantitative estimate of drug-likeness (QED) is 0.759. The topological polar surface area (TPSA) is 38.3 Å². The van der Waals surface area contributed by atoms with Gasteiger partial charge in [0.05, 0.1) is 16.3 Å². The number of thioether (sulfide) groups is 1. The summed E-state index contributed by atoms with van der Waals surface area (Å²) in [7, 11) is 0. The molecule has 2 aromatic carbocycles. The first-order valence-corrected chi connectivity index (χ1v) is 7.90. The Balaban J connectivity index is 2.27. The van der Waals surface area contributed by atoms with Crippen LogP contribution in [0.5, 0.6) is 5.75 Å². The minimum absolute atomic E-state index is 0.0968. The third-order valence-corrected chi connectivity index (χ3v) is 3.83. The average Bonchev–Trinajstić information content (AvgIpc) is 2.48. The smallest absolute Gasteiger partial charge is 0.404 e. The number of hydrogen-bond acceptors (Lipinski definition) is 3. The number of amides is 1. The van der Waals surface area contributed by atoms with Gasteiger partial charge < -0.3 is 10.1 Å². The van der Waals surface area contributed by atoms with Gasteiger partial charge in [0.2, 0.25) is 0 Å². The summed E-state index contributed by atoms with van der Waals surface area (Å²) in [5, 5.41) is 2.59. The van der Waals surface area contributed by atoms with Gasteiger partial charge in [-0.05, 0) is 36.6 Å². The van der Waals surface area contributed by atoms with E-state index in [1.165, 1.54) is 30.0 Å². The molecule has 0 spiro atoms. The summed E-state index contributed by atoms with van der Waals surface area (Å²) in [4.78, 5) is 13.1. The molecule has 1 amide bonds. The van der Waals surface area contributed by atoms with E-state index in [0.29, 0.717) is 0 Å². The number of halogens is 4. The van der Waals surface area contributed by atoms with Crippen LogP contribution in [0.4, 0.5) is 18.9 Å². The van der Waals surface area contributed by atoms with Gasteiger partial charge in [-0.25, -0.2) is 0 Å². The van der Waals surface area contributed by atoms with Crippen molar-refractivity contribution < 1.29 is 22.7 Å². The van der Waals surface area contributed by atoms with Crippen LogP contribution in [0.25, 0.3) is 0 Å². The molecular formula is C15H11ClF3NO2S. The second kappa shape index (κ2) is 7.14. The lowest BCUT2D eigenvalue weighted by Gasteiger charge is -2.14. The number of nitrogens with one attached hydrogen (secondary N) is 1. The Morgan fingerprint density at radius 2 is 1.91 bits per heavy atom. The SMILES string of the molecule is CSc1ccc(Cl)c(C(=O)Nc2ccccc2OC(F)(F)F)c1. The van der Waals surface area contributed by atoms with Gasteiger partial charge in [0, 0.05) is 4.90 Å². The maximum atomic E-state index is 12.4. The Morgan fingerprint density at radius 1 is 1.22 bits per heavy atom. The number of anilines is 1. The molecule has 2 aromatic rings. The van der Waals surface area contributed by atoms with E-state index in [9.17, 15) is 18.0 Å². The van der Waals surface area contributed by atoms with Gasteiger partial charge in [0.25, 0.3) is 5.91 Å². The van der Waals surface area contributed by atoms with E-state index < -0.39 is 18.0 Å². The van der Waals surface area contributed by atoms with Gasteiger partial charge in [-0.1, -0.05) is 23.7 Å². The molecule has 0 unspecified atom stereocenters. The summed E-state index contributed by atoms with van der Waals surface area (Å²) >= 11 is 7.39. The van der Waals surface area contributed by atoms with Crippen molar-refractivity contribution in [2.75, 3.05) is 11.6 Å². The van der Waals surface area contributed by atoms with Gasteiger partial charge in [-0.15, -0.1) is 24.9 Å². The lowest BCUT2D eigenvalue weighted by Crippen LogP contribution is -2.19. The van der Waals surface area contributed by atoms with Crippen molar-refractivity contribution in [2.45, 2.75) is 11.3 Å². The number of rotatable bonds is 4. The molecule has 2 rings (SSSR count). The fourth-order valence-corrected chi connectivity index (χ4v) is 2.42. The number of hydrogen-bond donors (Lipinski definition) is 1. The predicted octanol–water partition coefficient (Wildman–Crippen LogP) is 5.21. The second-order valence-electron chi connectivity index (χ2n) is 4.34. The van der Waals surface area contributed by atoms with Crippen molar-refractivity contribution >= 4 is 35.0 Å². The van der Waals surface area contributed by atoms with E-state index in [0.717, 1.165) is 11.0 Å². The van der Waals surface area contributed by atoms with Crippen molar-refractivity contribution in [2.24, 2.45) is 0 Å². The van der Waals surface area contributed by atoms with Gasteiger partial charge in [-0.3, -0.25) is 4.79 Å². The highest BCUT2D eigenvalue weighted by atomic mass is 35.5. The number of alkyl halides is 3. The van der Waals surface area contributed by atoms with Crippen LogP contribution < -0.4 is 10.1 Å². The van der Waals surface area contributed by atoms with Crippen LogP contribution in [-0.4, -0.2) is 18.5 Å². The molecule has 0 aliphatic carbocycles. The summed E-state index contributed by atoms with van der Waals surface area (Å²) in [6, 6.07) is 10.1. The molecule has 122 valence electrons. The first kappa shape index (κ1) is 17.5. The number of ether oxygens (including phenoxy) is 1. The van der Waals surface area contributed by atoms with Crippen LogP contribution in [-0.2, 0) is 0 Å². The van der Waals surface area contributed by atoms with E-state index in [1.54, 1.807) is 18.2 Å². The fraction of sp³-hybridized carbons (Fsp3) is 0.133. The molecule has 0 heterocycles. The summed E-state index contributed by atoms with van der Waals surface area (Å²) in [5.41, 5.74) is 0.0702. The molecule has 23 heavy (non-hydrogen) atoms. The fourth-order valence-electron chi connectivity index (χ4n) is 1.78. The van der Waals surface area contributed by atoms with E-state index >= 15 is 0 Å². The van der Waals surface area contributed by atoms with Crippen LogP contribution >= 0.6 is 23.4 Å². The summed E-state index contributed by atoms with van der Waals surface area (Å²) in [6.45, 7) is 0. The van der Waals surface area contributed by atoms with Crippen LogP contribution in [0.1, 0.15) is 10.4 Å². The molecule has 0 fully saturated rings. The zero-order chi connectivity index (χ0) is 17.0. The third kappa shape index (κ3) is 4.80. The van der Waals surface area contributed by atoms with Gasteiger partial charge in [0.1, 0.15) is 0 Å². The van der Waals surface area contributed by atoms with Gasteiger partial charge in [-0.2, -0.15) is 0 Å². The van der Waals surface area contributed by atoms with Crippen molar-refractivity contribution in [3.05, 3.63) is 53.1 Å². The third-order valence-electron chi connectivity index (χ3n) is 2.78. The molecule has 0 aromatic heterocycles. The zero-order valence-corrected chi connectivity index (χ0v) is 13.4. The molecule has 1 N–H and O–H groups in total. The van der Waals surface area contributed by atoms with Crippen molar-refractivity contribution in [3.63, 3.8) is 0 Å². The zero-order valence-electron chi connectivity index (χ0n) is 11.8. The maximum Gasteiger partial charge on any atom is 0.573 e. The predicted molar refractivity (Wildman–Crippen MR) is 84.3 cm³/mol. The van der Waals surface area contributed by atoms with E-state index in [4.69, 9.17) is 11.6 Å². The Hall–Kier alpha value is -1.86. The number of benzene rings is 2. The molecule has 0 atom stereocenters. The Morgan fingerprint density at radius 3 is 2.57 bits per heavy atom. The Bertz CT molecular complexity index is 722. The standard InChI is InChI=1S/C15H11ClF3NO2S/c1-23-9-6-7-11(16)10(8-9)14(21)20-12-4-2-3-5-13(12)22-15(17,18)19/h2-8H,1H3,(H,20,21). The Labute approximate surface area is 139 Å². The minimum Gasteiger partial charge on any atom is -0.404 e. The number of para-hydroxylation sites is 2. The first-order chi connectivity index (χ1) is 10.8. The minimum atomic E-state index is -4.85. The monoisotopic (exact) mass is 361 g/mol. The average molecular weight is 362 g/mol. The molecule has 0 saturated heterocycles. The molecule has 0 aliphatic heterocycles. The Kier molecular flexibility index (Phi) is 5.43. The summed E-state index contributed by atoms with van der Waals surface area (Å²) in [5.74, 6) is -1.12. The highest BCUT2D eigenvalue weighted by Crippen LogP contribution is 2.31. The van der Waals surface area contributed by atoms with Crippen LogP contribution in [0.2, 0.25) is 5.02 Å². The molecule has 0 radical (unpaired) electrons. The molecule has 0 aliphatic rings. The van der Waals surface area contributed by atoms with E-state index in [-0.39, 0.29) is 16.3 Å². The summed E-state index contributed by atoms with van der Waals surface area (Å²) in [6.07, 6.45) is -3.02. The second-order valence-corrected chi connectivity index (χ2v) is 5.63. The first-order valence-electron chi connectivity index (χ1n) is 6.30. The van der Waals surface area contributed by atoms with Crippen LogP contribution in [0, 0.1) is 0 Å². The maximum absolute atomic E-state index is 12.4. The van der Waals surface area contributed by atoms with Gasteiger partial charge >= 0.3 is 6.36 Å². The van der Waals surface area contributed by atoms with E-state index in [2.05, 4.69) is 10.1 Å². The summed E-state index contributed by atoms with van der Waals surface area (Å²) < 4.78 is 41.1. The van der Waals surface area contributed by atoms with Crippen molar-refractivity contribution in [1.29, 1.82) is 0 Å². The van der Waals surface area contributed by atoms with Crippen LogP contribution in [0.3, 0.4) is 0 Å². The molecule has 0 bridgehead atoms. The molecule has 8 heteroatoms. The molecule has 0 saturated carbocycles. The lowest BCUT2D eigenvalue weighted by molar-refractivity contribution is -0.274. The van der Waals surface area contributed by atoms with Crippen LogP contribution in [0.15, 0.2) is 47.4 Å². The van der Waals surface area contributed by atoms with Crippen molar-refractivity contribution in [1.82, 2.24) is 0 Å². The van der Waals surface area contributed by atoms with E-state index in [1.807, 2.05) is 6.26 Å². The normalized spacial score (nSPS) is 11.2. The number of carbonyl (C=O) groups is 1. The van der Waals surface area contributed by atoms with Crippen molar-refractivity contribution in [3.8, 4) is 5.75 Å². The highest BCUT2D eigenvalue weighted by molar-refractivity contribution is 7.98. The number of carbonyl (C=O) groups excluding carboxylic acids is 1. The highest BCUT2D eigenvalue weighted by Gasteiger charge is 2.32.